The molecule has 1 aromatic carbocycles. The fourth-order valence-corrected chi connectivity index (χ4v) is 2.29. The van der Waals surface area contributed by atoms with Crippen LogP contribution in [0.25, 0.3) is 0 Å². The van der Waals surface area contributed by atoms with Crippen LogP contribution in [0, 0.1) is 13.8 Å². The Labute approximate surface area is 121 Å². The lowest BCUT2D eigenvalue weighted by Gasteiger charge is -2.25. The minimum atomic E-state index is -0.876. The van der Waals surface area contributed by atoms with Crippen LogP contribution in [0.15, 0.2) is 18.2 Å². The zero-order chi connectivity index (χ0) is 15.2. The number of aliphatic carboxylic acids is 1. The number of carboxylic acid groups (broad SMARTS) is 1. The molecular weight excluding hydrogens is 254 g/mol. The third-order valence-electron chi connectivity index (χ3n) is 3.52. The number of hydrogen-bond donors (Lipinski definition) is 2. The van der Waals surface area contributed by atoms with Crippen LogP contribution in [-0.2, 0) is 4.79 Å². The molecule has 2 N–H and O–H groups in total. The van der Waals surface area contributed by atoms with E-state index in [9.17, 15) is 9.90 Å². The van der Waals surface area contributed by atoms with Crippen LogP contribution in [0.5, 0.6) is 5.75 Å². The van der Waals surface area contributed by atoms with Crippen molar-refractivity contribution >= 4 is 5.97 Å². The Morgan fingerprint density at radius 1 is 1.35 bits per heavy atom. The average Bonchev–Trinajstić information content (AvgIpc) is 2.37. The zero-order valence-electron chi connectivity index (χ0n) is 12.8. The molecule has 0 amide bonds. The lowest BCUT2D eigenvalue weighted by atomic mass is 9.96. The summed E-state index contributed by atoms with van der Waals surface area (Å²) < 4.78 is 5.80. The number of para-hydroxylation sites is 1. The van der Waals surface area contributed by atoms with Gasteiger partial charge >= 0.3 is 5.97 Å². The smallest absolute Gasteiger partial charge is 0.323 e. The van der Waals surface area contributed by atoms with E-state index in [4.69, 9.17) is 4.74 Å². The molecular formula is C16H25NO3. The molecule has 4 heteroatoms. The van der Waals surface area contributed by atoms with E-state index in [0.717, 1.165) is 16.9 Å². The van der Waals surface area contributed by atoms with Gasteiger partial charge in [0, 0.05) is 0 Å². The summed E-state index contributed by atoms with van der Waals surface area (Å²) in [5, 5.41) is 12.3. The molecule has 0 bridgehead atoms. The minimum absolute atomic E-state index is 0.528. The van der Waals surface area contributed by atoms with E-state index < -0.39 is 11.5 Å². The second-order valence-corrected chi connectivity index (χ2v) is 5.34. The molecule has 1 unspecified atom stereocenters. The van der Waals surface area contributed by atoms with Crippen molar-refractivity contribution in [3.63, 3.8) is 0 Å². The van der Waals surface area contributed by atoms with Crippen molar-refractivity contribution < 1.29 is 14.6 Å². The van der Waals surface area contributed by atoms with Gasteiger partial charge in [-0.3, -0.25) is 4.79 Å². The maximum Gasteiger partial charge on any atom is 0.323 e. The minimum Gasteiger partial charge on any atom is -0.493 e. The quantitative estimate of drug-likeness (QED) is 0.718. The fourth-order valence-electron chi connectivity index (χ4n) is 2.29. The summed E-state index contributed by atoms with van der Waals surface area (Å²) in [4.78, 5) is 11.3. The molecule has 0 aliphatic carbocycles. The summed E-state index contributed by atoms with van der Waals surface area (Å²) in [6.45, 7) is 8.83. The second-order valence-electron chi connectivity index (χ2n) is 5.34. The standard InChI is InChI=1S/C16H25NO3/c1-5-17-16(4,15(18)19)10-7-11-20-14-12(2)8-6-9-13(14)3/h6,8-9,17H,5,7,10-11H2,1-4H3,(H,18,19). The molecule has 0 spiro atoms. The highest BCUT2D eigenvalue weighted by molar-refractivity contribution is 5.78. The van der Waals surface area contributed by atoms with Crippen molar-refractivity contribution in [2.24, 2.45) is 0 Å². The summed E-state index contributed by atoms with van der Waals surface area (Å²) in [5.74, 6) is 0.0967. The number of carboxylic acids is 1. The summed E-state index contributed by atoms with van der Waals surface area (Å²) in [7, 11) is 0. The van der Waals surface area contributed by atoms with E-state index in [2.05, 4.69) is 5.32 Å². The van der Waals surface area contributed by atoms with Gasteiger partial charge in [0.1, 0.15) is 11.3 Å². The third-order valence-corrected chi connectivity index (χ3v) is 3.52. The van der Waals surface area contributed by atoms with E-state index >= 15 is 0 Å². The van der Waals surface area contributed by atoms with E-state index in [1.165, 1.54) is 0 Å². The number of rotatable bonds is 8. The van der Waals surface area contributed by atoms with Gasteiger partial charge in [0.05, 0.1) is 6.61 Å². The molecule has 0 aliphatic heterocycles. The Balaban J connectivity index is 2.51. The summed E-state index contributed by atoms with van der Waals surface area (Å²) in [6, 6.07) is 6.04. The number of likely N-dealkylation sites (N-methyl/N-ethyl adjacent to an activating group) is 1. The molecule has 1 atom stereocenters. The highest BCUT2D eigenvalue weighted by atomic mass is 16.5. The van der Waals surface area contributed by atoms with Gasteiger partial charge < -0.3 is 15.2 Å². The molecule has 0 saturated heterocycles. The molecule has 4 nitrogen and oxygen atoms in total. The van der Waals surface area contributed by atoms with Gasteiger partial charge in [-0.1, -0.05) is 25.1 Å². The summed E-state index contributed by atoms with van der Waals surface area (Å²) in [6.07, 6.45) is 1.24. The molecule has 1 aromatic rings. The van der Waals surface area contributed by atoms with E-state index in [1.54, 1.807) is 6.92 Å². The van der Waals surface area contributed by atoms with Crippen molar-refractivity contribution in [3.05, 3.63) is 29.3 Å². The summed E-state index contributed by atoms with van der Waals surface area (Å²) >= 11 is 0. The highest BCUT2D eigenvalue weighted by Crippen LogP contribution is 2.23. The maximum absolute atomic E-state index is 11.3. The number of aryl methyl sites for hydroxylation is 2. The molecule has 0 fully saturated rings. The molecule has 0 radical (unpaired) electrons. The molecule has 1 rings (SSSR count). The van der Waals surface area contributed by atoms with E-state index in [-0.39, 0.29) is 0 Å². The Kier molecular flexibility index (Phi) is 6.02. The first-order valence-corrected chi connectivity index (χ1v) is 7.08. The van der Waals surface area contributed by atoms with Crippen molar-refractivity contribution in [1.29, 1.82) is 0 Å². The normalized spacial score (nSPS) is 13.8. The predicted molar refractivity (Wildman–Crippen MR) is 80.4 cm³/mol. The predicted octanol–water partition coefficient (Wildman–Crippen LogP) is 2.92. The van der Waals surface area contributed by atoms with Crippen molar-refractivity contribution in [2.75, 3.05) is 13.2 Å². The SMILES string of the molecule is CCNC(C)(CCCOc1c(C)cccc1C)C(=O)O. The number of ether oxygens (including phenoxy) is 1. The van der Waals surface area contributed by atoms with Gasteiger partial charge in [-0.05, 0) is 51.3 Å². The molecule has 0 aromatic heterocycles. The van der Waals surface area contributed by atoms with Gasteiger partial charge in [0.2, 0.25) is 0 Å². The van der Waals surface area contributed by atoms with Crippen LogP contribution < -0.4 is 10.1 Å². The van der Waals surface area contributed by atoms with Crippen LogP contribution in [0.1, 0.15) is 37.8 Å². The van der Waals surface area contributed by atoms with Crippen molar-refractivity contribution in [3.8, 4) is 5.75 Å². The highest BCUT2D eigenvalue weighted by Gasteiger charge is 2.31. The Bertz CT molecular complexity index is 439. The fraction of sp³-hybridized carbons (Fsp3) is 0.562. The van der Waals surface area contributed by atoms with Crippen molar-refractivity contribution in [1.82, 2.24) is 5.32 Å². The van der Waals surface area contributed by atoms with Gasteiger partial charge in [0.25, 0.3) is 0 Å². The van der Waals surface area contributed by atoms with Crippen LogP contribution >= 0.6 is 0 Å². The van der Waals surface area contributed by atoms with E-state index in [0.29, 0.717) is 26.0 Å². The Morgan fingerprint density at radius 3 is 2.45 bits per heavy atom. The third kappa shape index (κ3) is 4.23. The first kappa shape index (κ1) is 16.5. The van der Waals surface area contributed by atoms with Crippen LogP contribution in [0.2, 0.25) is 0 Å². The van der Waals surface area contributed by atoms with Gasteiger partial charge in [0.15, 0.2) is 0 Å². The van der Waals surface area contributed by atoms with Crippen LogP contribution in [0.3, 0.4) is 0 Å². The number of nitrogens with one attached hydrogen (secondary N) is 1. The monoisotopic (exact) mass is 279 g/mol. The first-order valence-electron chi connectivity index (χ1n) is 7.08. The number of benzene rings is 1. The lowest BCUT2D eigenvalue weighted by Crippen LogP contribution is -2.49. The number of carbonyl (C=O) groups is 1. The molecule has 0 saturated carbocycles. The van der Waals surface area contributed by atoms with Gasteiger partial charge in [-0.25, -0.2) is 0 Å². The van der Waals surface area contributed by atoms with Crippen LogP contribution in [-0.4, -0.2) is 29.8 Å². The van der Waals surface area contributed by atoms with Crippen molar-refractivity contribution in [2.45, 2.75) is 46.1 Å². The number of hydrogen-bond acceptors (Lipinski definition) is 3. The Morgan fingerprint density at radius 2 is 1.95 bits per heavy atom. The first-order chi connectivity index (χ1) is 9.40. The van der Waals surface area contributed by atoms with Gasteiger partial charge in [-0.15, -0.1) is 0 Å². The zero-order valence-corrected chi connectivity index (χ0v) is 12.8. The molecule has 112 valence electrons. The van der Waals surface area contributed by atoms with Crippen LogP contribution in [0.4, 0.5) is 0 Å². The summed E-state index contributed by atoms with van der Waals surface area (Å²) in [5.41, 5.74) is 1.34. The molecule has 20 heavy (non-hydrogen) atoms. The maximum atomic E-state index is 11.3. The molecule has 0 aliphatic rings. The lowest BCUT2D eigenvalue weighted by molar-refractivity contribution is -0.144. The second kappa shape index (κ2) is 7.29. The molecule has 0 heterocycles. The largest absolute Gasteiger partial charge is 0.493 e. The average molecular weight is 279 g/mol. The van der Waals surface area contributed by atoms with E-state index in [1.807, 2.05) is 39.0 Å². The topological polar surface area (TPSA) is 58.6 Å². The van der Waals surface area contributed by atoms with Gasteiger partial charge in [-0.2, -0.15) is 0 Å². The Hall–Kier alpha value is -1.55.